The summed E-state index contributed by atoms with van der Waals surface area (Å²) in [5.74, 6) is 0.692. The lowest BCUT2D eigenvalue weighted by Gasteiger charge is -2.14. The van der Waals surface area contributed by atoms with Gasteiger partial charge in [0.2, 0.25) is 0 Å². The molecule has 0 aliphatic carbocycles. The summed E-state index contributed by atoms with van der Waals surface area (Å²) in [6.07, 6.45) is 1.70. The molecule has 0 bridgehead atoms. The topological polar surface area (TPSA) is 78.5 Å². The second-order valence-electron chi connectivity index (χ2n) is 5.78. The van der Waals surface area contributed by atoms with Crippen LogP contribution in [-0.4, -0.2) is 29.8 Å². The summed E-state index contributed by atoms with van der Waals surface area (Å²) >= 11 is 2.91. The molecular formula is C18H16N6OS2. The SMILES string of the molecule is C=CCn1c(SC(C)c2nnnn2-c2ccccc2)nc2sccc2c1=O. The Balaban J connectivity index is 1.73. The van der Waals surface area contributed by atoms with Crippen molar-refractivity contribution in [2.45, 2.75) is 23.9 Å². The van der Waals surface area contributed by atoms with Gasteiger partial charge in [-0.25, -0.2) is 4.98 Å². The van der Waals surface area contributed by atoms with Crippen molar-refractivity contribution >= 4 is 33.3 Å². The van der Waals surface area contributed by atoms with Crippen LogP contribution in [0.25, 0.3) is 15.9 Å². The van der Waals surface area contributed by atoms with Crippen LogP contribution in [0.1, 0.15) is 18.0 Å². The summed E-state index contributed by atoms with van der Waals surface area (Å²) < 4.78 is 3.34. The summed E-state index contributed by atoms with van der Waals surface area (Å²) in [6.45, 7) is 6.16. The lowest BCUT2D eigenvalue weighted by atomic mass is 10.3. The van der Waals surface area contributed by atoms with Gasteiger partial charge in [-0.2, -0.15) is 4.68 Å². The van der Waals surface area contributed by atoms with Crippen molar-refractivity contribution in [3.63, 3.8) is 0 Å². The summed E-state index contributed by atoms with van der Waals surface area (Å²) in [5, 5.41) is 15.2. The van der Waals surface area contributed by atoms with Crippen LogP contribution < -0.4 is 5.56 Å². The minimum atomic E-state index is -0.111. The van der Waals surface area contributed by atoms with Crippen LogP contribution in [0.5, 0.6) is 0 Å². The van der Waals surface area contributed by atoms with Crippen molar-refractivity contribution in [1.82, 2.24) is 29.8 Å². The van der Waals surface area contributed by atoms with Gasteiger partial charge in [-0.1, -0.05) is 36.0 Å². The number of rotatable bonds is 6. The number of thiophene rings is 1. The van der Waals surface area contributed by atoms with Crippen molar-refractivity contribution in [2.24, 2.45) is 0 Å². The van der Waals surface area contributed by atoms with Crippen molar-refractivity contribution in [3.05, 3.63) is 70.6 Å². The van der Waals surface area contributed by atoms with Gasteiger partial charge in [0.25, 0.3) is 5.56 Å². The lowest BCUT2D eigenvalue weighted by molar-refractivity contribution is 0.669. The second kappa shape index (κ2) is 7.45. The van der Waals surface area contributed by atoms with Crippen LogP contribution in [0, 0.1) is 0 Å². The first kappa shape index (κ1) is 17.6. The first-order valence-corrected chi connectivity index (χ1v) is 10.0. The van der Waals surface area contributed by atoms with E-state index in [1.54, 1.807) is 15.3 Å². The maximum atomic E-state index is 12.8. The molecule has 136 valence electrons. The van der Waals surface area contributed by atoms with E-state index in [-0.39, 0.29) is 10.8 Å². The average Bonchev–Trinajstić information content (AvgIpc) is 3.35. The van der Waals surface area contributed by atoms with Crippen LogP contribution in [0.4, 0.5) is 0 Å². The molecule has 0 amide bonds. The Morgan fingerprint density at radius 2 is 2.11 bits per heavy atom. The molecule has 0 aliphatic rings. The molecule has 0 saturated heterocycles. The number of hydrogen-bond acceptors (Lipinski definition) is 7. The highest BCUT2D eigenvalue weighted by atomic mass is 32.2. The number of allylic oxidation sites excluding steroid dienone is 1. The molecule has 27 heavy (non-hydrogen) atoms. The maximum Gasteiger partial charge on any atom is 0.263 e. The van der Waals surface area contributed by atoms with E-state index in [1.165, 1.54) is 23.1 Å². The van der Waals surface area contributed by atoms with Gasteiger partial charge >= 0.3 is 0 Å². The lowest BCUT2D eigenvalue weighted by Crippen LogP contribution is -2.22. The van der Waals surface area contributed by atoms with Crippen LogP contribution >= 0.6 is 23.1 Å². The van der Waals surface area contributed by atoms with E-state index in [0.717, 1.165) is 10.5 Å². The maximum absolute atomic E-state index is 12.8. The Kier molecular flexibility index (Phi) is 4.87. The van der Waals surface area contributed by atoms with Gasteiger partial charge in [0.15, 0.2) is 11.0 Å². The van der Waals surface area contributed by atoms with E-state index in [0.29, 0.717) is 22.9 Å². The number of tetrazole rings is 1. The van der Waals surface area contributed by atoms with E-state index in [2.05, 4.69) is 27.1 Å². The zero-order chi connectivity index (χ0) is 18.8. The van der Waals surface area contributed by atoms with E-state index >= 15 is 0 Å². The third-order valence-electron chi connectivity index (χ3n) is 4.00. The third kappa shape index (κ3) is 3.31. The Hall–Kier alpha value is -2.78. The molecule has 0 aliphatic heterocycles. The largest absolute Gasteiger partial charge is 0.283 e. The number of fused-ring (bicyclic) bond motifs is 1. The number of thioether (sulfide) groups is 1. The summed E-state index contributed by atoms with van der Waals surface area (Å²) in [6, 6.07) is 11.5. The normalized spacial score (nSPS) is 12.3. The molecule has 0 fully saturated rings. The highest BCUT2D eigenvalue weighted by Crippen LogP contribution is 2.33. The second-order valence-corrected chi connectivity index (χ2v) is 7.99. The van der Waals surface area contributed by atoms with Crippen LogP contribution in [0.15, 0.2) is 64.4 Å². The number of hydrogen-bond donors (Lipinski definition) is 0. The van der Waals surface area contributed by atoms with Gasteiger partial charge < -0.3 is 0 Å². The molecule has 4 rings (SSSR count). The third-order valence-corrected chi connectivity index (χ3v) is 5.89. The molecule has 3 aromatic heterocycles. The Morgan fingerprint density at radius 3 is 2.89 bits per heavy atom. The molecule has 4 aromatic rings. The summed E-state index contributed by atoms with van der Waals surface area (Å²) in [4.78, 5) is 18.2. The van der Waals surface area contributed by atoms with Crippen molar-refractivity contribution in [1.29, 1.82) is 0 Å². The molecule has 1 atom stereocenters. The van der Waals surface area contributed by atoms with Gasteiger partial charge in [0.1, 0.15) is 4.83 Å². The molecule has 0 N–H and O–H groups in total. The van der Waals surface area contributed by atoms with Gasteiger partial charge in [-0.3, -0.25) is 9.36 Å². The fourth-order valence-corrected chi connectivity index (χ4v) is 4.53. The van der Waals surface area contributed by atoms with Crippen molar-refractivity contribution < 1.29 is 0 Å². The quantitative estimate of drug-likeness (QED) is 0.282. The highest BCUT2D eigenvalue weighted by molar-refractivity contribution is 7.99. The van der Waals surface area contributed by atoms with E-state index in [1.807, 2.05) is 48.7 Å². The fraction of sp³-hybridized carbons (Fsp3) is 0.167. The number of benzene rings is 1. The van der Waals surface area contributed by atoms with E-state index < -0.39 is 0 Å². The molecule has 1 aromatic carbocycles. The molecule has 1 unspecified atom stereocenters. The number of nitrogens with zero attached hydrogens (tertiary/aromatic N) is 6. The Morgan fingerprint density at radius 1 is 1.30 bits per heavy atom. The fourth-order valence-electron chi connectivity index (χ4n) is 2.72. The Bertz CT molecular complexity index is 1150. The first-order valence-electron chi connectivity index (χ1n) is 8.28. The summed E-state index contributed by atoms with van der Waals surface area (Å²) in [5.41, 5.74) is 0.827. The smallest absolute Gasteiger partial charge is 0.263 e. The number of para-hydroxylation sites is 1. The molecule has 7 nitrogen and oxygen atoms in total. The van der Waals surface area contributed by atoms with E-state index in [4.69, 9.17) is 0 Å². The monoisotopic (exact) mass is 396 g/mol. The average molecular weight is 397 g/mol. The highest BCUT2D eigenvalue weighted by Gasteiger charge is 2.21. The first-order chi connectivity index (χ1) is 13.2. The predicted octanol–water partition coefficient (Wildman–Crippen LogP) is 3.47. The van der Waals surface area contributed by atoms with E-state index in [9.17, 15) is 4.79 Å². The molecule has 0 spiro atoms. The van der Waals surface area contributed by atoms with Gasteiger partial charge in [-0.05, 0) is 40.9 Å². The molecular weight excluding hydrogens is 380 g/mol. The van der Waals surface area contributed by atoms with Gasteiger partial charge in [-0.15, -0.1) is 23.0 Å². The zero-order valence-electron chi connectivity index (χ0n) is 14.5. The molecule has 0 radical (unpaired) electrons. The Labute approximate surface area is 163 Å². The zero-order valence-corrected chi connectivity index (χ0v) is 16.2. The minimum absolute atomic E-state index is 0.0569. The predicted molar refractivity (Wildman–Crippen MR) is 108 cm³/mol. The van der Waals surface area contributed by atoms with Crippen molar-refractivity contribution in [3.8, 4) is 5.69 Å². The molecule has 9 heteroatoms. The standard InChI is InChI=1S/C18H16N6OS2/c1-3-10-23-17(25)14-9-11-26-16(14)19-18(23)27-12(2)15-20-21-22-24(15)13-7-5-4-6-8-13/h3-9,11-12H,1,10H2,2H3. The van der Waals surface area contributed by atoms with Crippen LogP contribution in [0.3, 0.4) is 0 Å². The summed E-state index contributed by atoms with van der Waals surface area (Å²) in [7, 11) is 0. The molecule has 3 heterocycles. The van der Waals surface area contributed by atoms with Gasteiger partial charge in [0, 0.05) is 6.54 Å². The van der Waals surface area contributed by atoms with Crippen molar-refractivity contribution in [2.75, 3.05) is 0 Å². The van der Waals surface area contributed by atoms with Crippen LogP contribution in [-0.2, 0) is 6.54 Å². The molecule has 0 saturated carbocycles. The number of aromatic nitrogens is 6. The minimum Gasteiger partial charge on any atom is -0.283 e. The van der Waals surface area contributed by atoms with Crippen LogP contribution in [0.2, 0.25) is 0 Å². The van der Waals surface area contributed by atoms with Gasteiger partial charge in [0.05, 0.1) is 16.3 Å².